The van der Waals surface area contributed by atoms with Crippen molar-refractivity contribution in [2.75, 3.05) is 18.4 Å². The van der Waals surface area contributed by atoms with E-state index in [0.29, 0.717) is 24.5 Å². The fraction of sp³-hybridized carbons (Fsp3) is 0.435. The summed E-state index contributed by atoms with van der Waals surface area (Å²) in [6, 6.07) is 14.4. The number of carbonyl (C=O) groups excluding carboxylic acids is 1. The maximum Gasteiger partial charge on any atom is 0.243 e. The predicted octanol–water partition coefficient (Wildman–Crippen LogP) is 4.64. The van der Waals surface area contributed by atoms with Crippen LogP contribution in [-0.4, -0.2) is 37.8 Å². The Bertz CT molecular complexity index is 939. The van der Waals surface area contributed by atoms with Gasteiger partial charge in [0.1, 0.15) is 5.75 Å². The molecule has 0 heterocycles. The summed E-state index contributed by atoms with van der Waals surface area (Å²) in [4.78, 5) is 12.8. The van der Waals surface area contributed by atoms with E-state index < -0.39 is 10.0 Å². The number of amides is 1. The molecule has 6 nitrogen and oxygen atoms in total. The van der Waals surface area contributed by atoms with Crippen LogP contribution < -0.4 is 10.1 Å². The van der Waals surface area contributed by atoms with Crippen LogP contribution in [-0.2, 0) is 14.8 Å². The van der Waals surface area contributed by atoms with Gasteiger partial charge < -0.3 is 10.1 Å². The van der Waals surface area contributed by atoms with Crippen LogP contribution in [0.2, 0.25) is 0 Å². The van der Waals surface area contributed by atoms with Gasteiger partial charge in [0.2, 0.25) is 15.9 Å². The van der Waals surface area contributed by atoms with E-state index in [0.717, 1.165) is 5.56 Å². The molecule has 2 rings (SSSR count). The maximum atomic E-state index is 12.9. The van der Waals surface area contributed by atoms with Crippen molar-refractivity contribution in [3.63, 3.8) is 0 Å². The monoisotopic (exact) mass is 432 g/mol. The number of hydrogen-bond donors (Lipinski definition) is 1. The van der Waals surface area contributed by atoms with E-state index in [2.05, 4.69) is 5.32 Å². The zero-order chi connectivity index (χ0) is 22.3. The van der Waals surface area contributed by atoms with E-state index in [1.54, 1.807) is 19.9 Å². The van der Waals surface area contributed by atoms with Gasteiger partial charge in [-0.3, -0.25) is 4.79 Å². The first-order valence-corrected chi connectivity index (χ1v) is 11.8. The fourth-order valence-corrected chi connectivity index (χ4v) is 4.70. The van der Waals surface area contributed by atoms with Crippen molar-refractivity contribution in [1.29, 1.82) is 0 Å². The molecule has 0 aromatic heterocycles. The van der Waals surface area contributed by atoms with E-state index in [-0.39, 0.29) is 29.2 Å². The van der Waals surface area contributed by atoms with Crippen molar-refractivity contribution < 1.29 is 17.9 Å². The molecule has 0 radical (unpaired) electrons. The summed E-state index contributed by atoms with van der Waals surface area (Å²) in [5.41, 5.74) is 1.44. The number of nitrogens with zero attached hydrogens (tertiary/aromatic N) is 1. The first kappa shape index (κ1) is 23.9. The van der Waals surface area contributed by atoms with Crippen LogP contribution in [0.1, 0.15) is 52.5 Å². The lowest BCUT2D eigenvalue weighted by atomic mass is 9.97. The molecule has 1 N–H and O–H groups in total. The summed E-state index contributed by atoms with van der Waals surface area (Å²) in [7, 11) is -3.64. The van der Waals surface area contributed by atoms with Gasteiger partial charge in [0.15, 0.2) is 0 Å². The van der Waals surface area contributed by atoms with Crippen molar-refractivity contribution in [2.45, 2.75) is 58.0 Å². The van der Waals surface area contributed by atoms with Gasteiger partial charge >= 0.3 is 0 Å². The van der Waals surface area contributed by atoms with Crippen LogP contribution in [0.25, 0.3) is 0 Å². The van der Waals surface area contributed by atoms with Crippen molar-refractivity contribution in [2.24, 2.45) is 0 Å². The molecular formula is C23H32N2O4S. The molecule has 1 amide bonds. The third-order valence-electron chi connectivity index (χ3n) is 4.79. The Labute approximate surface area is 180 Å². The third-order valence-corrected chi connectivity index (χ3v) is 6.84. The average molecular weight is 433 g/mol. The summed E-state index contributed by atoms with van der Waals surface area (Å²) >= 11 is 0. The molecular weight excluding hydrogens is 400 g/mol. The van der Waals surface area contributed by atoms with Crippen LogP contribution in [0.15, 0.2) is 53.4 Å². The molecule has 2 aromatic carbocycles. The lowest BCUT2D eigenvalue weighted by Crippen LogP contribution is -2.30. The van der Waals surface area contributed by atoms with Crippen molar-refractivity contribution in [3.8, 4) is 5.75 Å². The van der Waals surface area contributed by atoms with Gasteiger partial charge in [-0.1, -0.05) is 51.1 Å². The topological polar surface area (TPSA) is 75.7 Å². The van der Waals surface area contributed by atoms with E-state index in [4.69, 9.17) is 4.74 Å². The van der Waals surface area contributed by atoms with Crippen LogP contribution in [0, 0.1) is 0 Å². The predicted molar refractivity (Wildman–Crippen MR) is 120 cm³/mol. The summed E-state index contributed by atoms with van der Waals surface area (Å²) < 4.78 is 33.0. The van der Waals surface area contributed by atoms with Crippen molar-refractivity contribution in [1.82, 2.24) is 4.31 Å². The number of ether oxygens (including phenoxy) is 1. The highest BCUT2D eigenvalue weighted by molar-refractivity contribution is 7.89. The van der Waals surface area contributed by atoms with E-state index in [1.165, 1.54) is 16.4 Å². The second-order valence-corrected chi connectivity index (χ2v) is 9.42. The SMILES string of the molecule is CCN(CC)S(=O)(=O)c1ccc(OC(C)C)c(NC(=O)CC(C)c2ccccc2)c1. The van der Waals surface area contributed by atoms with Crippen LogP contribution in [0.3, 0.4) is 0 Å². The van der Waals surface area contributed by atoms with Crippen LogP contribution in [0.5, 0.6) is 5.75 Å². The summed E-state index contributed by atoms with van der Waals surface area (Å²) in [5, 5.41) is 2.86. The highest BCUT2D eigenvalue weighted by Crippen LogP contribution is 2.31. The molecule has 1 atom stereocenters. The van der Waals surface area contributed by atoms with Gasteiger partial charge in [0.25, 0.3) is 0 Å². The number of carbonyl (C=O) groups is 1. The number of rotatable bonds is 10. The average Bonchev–Trinajstić information content (AvgIpc) is 2.70. The molecule has 0 aliphatic heterocycles. The van der Waals surface area contributed by atoms with Gasteiger partial charge in [-0.2, -0.15) is 4.31 Å². The quantitative estimate of drug-likeness (QED) is 0.594. The van der Waals surface area contributed by atoms with Crippen molar-refractivity contribution >= 4 is 21.6 Å². The van der Waals surface area contributed by atoms with Gasteiger partial charge in [-0.25, -0.2) is 8.42 Å². The highest BCUT2D eigenvalue weighted by Gasteiger charge is 2.24. The smallest absolute Gasteiger partial charge is 0.243 e. The second kappa shape index (κ2) is 10.6. The Kier molecular flexibility index (Phi) is 8.43. The first-order valence-electron chi connectivity index (χ1n) is 10.3. The molecule has 30 heavy (non-hydrogen) atoms. The maximum absolute atomic E-state index is 12.9. The summed E-state index contributed by atoms with van der Waals surface area (Å²) in [5.74, 6) is 0.282. The lowest BCUT2D eigenvalue weighted by molar-refractivity contribution is -0.116. The Morgan fingerprint density at radius 2 is 1.67 bits per heavy atom. The second-order valence-electron chi connectivity index (χ2n) is 7.48. The Hall–Kier alpha value is -2.38. The standard InChI is InChI=1S/C23H32N2O4S/c1-6-25(7-2)30(27,28)20-13-14-22(29-17(3)4)21(16-20)24-23(26)15-18(5)19-11-9-8-10-12-19/h8-14,16-18H,6-7,15H2,1-5H3,(H,24,26). The minimum absolute atomic E-state index is 0.0308. The summed E-state index contributed by atoms with van der Waals surface area (Å²) in [6.45, 7) is 10.1. The van der Waals surface area contributed by atoms with Crippen molar-refractivity contribution in [3.05, 3.63) is 54.1 Å². The molecule has 0 aliphatic carbocycles. The minimum Gasteiger partial charge on any atom is -0.489 e. The Morgan fingerprint density at radius 3 is 2.23 bits per heavy atom. The molecule has 0 bridgehead atoms. The van der Waals surface area contributed by atoms with E-state index >= 15 is 0 Å². The number of hydrogen-bond acceptors (Lipinski definition) is 4. The zero-order valence-corrected chi connectivity index (χ0v) is 19.2. The molecule has 1 unspecified atom stereocenters. The molecule has 0 fully saturated rings. The highest BCUT2D eigenvalue weighted by atomic mass is 32.2. The molecule has 0 aliphatic rings. The van der Waals surface area contributed by atoms with E-state index in [9.17, 15) is 13.2 Å². The van der Waals surface area contributed by atoms with E-state index in [1.807, 2.05) is 51.1 Å². The zero-order valence-electron chi connectivity index (χ0n) is 18.4. The number of benzene rings is 2. The number of sulfonamides is 1. The van der Waals surface area contributed by atoms with Gasteiger partial charge in [-0.15, -0.1) is 0 Å². The largest absolute Gasteiger partial charge is 0.489 e. The normalized spacial score (nSPS) is 12.8. The molecule has 7 heteroatoms. The molecule has 0 spiro atoms. The van der Waals surface area contributed by atoms with Gasteiger partial charge in [0.05, 0.1) is 16.7 Å². The minimum atomic E-state index is -3.64. The fourth-order valence-electron chi connectivity index (χ4n) is 3.22. The molecule has 0 saturated carbocycles. The number of nitrogens with one attached hydrogen (secondary N) is 1. The molecule has 0 saturated heterocycles. The summed E-state index contributed by atoms with van der Waals surface area (Å²) in [6.07, 6.45) is 0.159. The molecule has 2 aromatic rings. The third kappa shape index (κ3) is 6.06. The Morgan fingerprint density at radius 1 is 1.03 bits per heavy atom. The van der Waals surface area contributed by atoms with Gasteiger partial charge in [-0.05, 0) is 43.5 Å². The molecule has 164 valence electrons. The van der Waals surface area contributed by atoms with Gasteiger partial charge in [0, 0.05) is 19.5 Å². The number of anilines is 1. The Balaban J connectivity index is 2.30. The van der Waals surface area contributed by atoms with Crippen LogP contribution in [0.4, 0.5) is 5.69 Å². The lowest BCUT2D eigenvalue weighted by Gasteiger charge is -2.21. The first-order chi connectivity index (χ1) is 14.2. The van der Waals surface area contributed by atoms with Crippen LogP contribution >= 0.6 is 0 Å².